The number of carboxylic acid groups (broad SMARTS) is 1. The number of amides is 2. The van der Waals surface area contributed by atoms with E-state index in [0.29, 0.717) is 25.1 Å². The molecule has 0 saturated carbocycles. The number of carboxylic acids is 1. The molecule has 7 nitrogen and oxygen atoms in total. The van der Waals surface area contributed by atoms with Gasteiger partial charge in [0.15, 0.2) is 5.69 Å². The van der Waals surface area contributed by atoms with Crippen molar-refractivity contribution in [2.24, 2.45) is 7.05 Å². The summed E-state index contributed by atoms with van der Waals surface area (Å²) in [7, 11) is 1.73. The van der Waals surface area contributed by atoms with E-state index in [2.05, 4.69) is 10.4 Å². The van der Waals surface area contributed by atoms with Crippen LogP contribution in [0.2, 0.25) is 0 Å². The number of nitrogens with one attached hydrogen (secondary N) is 1. The molecule has 3 rings (SSSR count). The molecule has 2 heterocycles. The second kappa shape index (κ2) is 6.12. The van der Waals surface area contributed by atoms with Gasteiger partial charge in [-0.15, -0.1) is 0 Å². The average molecular weight is 314 g/mol. The first-order valence-corrected chi connectivity index (χ1v) is 7.41. The minimum absolute atomic E-state index is 0.0306. The van der Waals surface area contributed by atoms with Crippen LogP contribution in [0.3, 0.4) is 0 Å². The zero-order valence-corrected chi connectivity index (χ0v) is 12.8. The van der Waals surface area contributed by atoms with Crippen molar-refractivity contribution in [3.63, 3.8) is 0 Å². The highest BCUT2D eigenvalue weighted by molar-refractivity contribution is 5.87. The minimum Gasteiger partial charge on any atom is -0.476 e. The molecule has 7 heteroatoms. The normalized spacial score (nSPS) is 13.5. The lowest BCUT2D eigenvalue weighted by molar-refractivity contribution is 0.0687. The maximum atomic E-state index is 12.3. The second-order valence-corrected chi connectivity index (χ2v) is 5.52. The third-order valence-electron chi connectivity index (χ3n) is 4.02. The molecule has 1 aromatic carbocycles. The molecule has 2 aromatic rings. The van der Waals surface area contributed by atoms with Crippen LogP contribution in [0.15, 0.2) is 30.3 Å². The quantitative estimate of drug-likeness (QED) is 0.896. The first kappa shape index (κ1) is 15.1. The summed E-state index contributed by atoms with van der Waals surface area (Å²) in [4.78, 5) is 25.2. The predicted molar refractivity (Wildman–Crippen MR) is 83.0 cm³/mol. The summed E-state index contributed by atoms with van der Waals surface area (Å²) in [5.74, 6) is -1.06. The summed E-state index contributed by atoms with van der Waals surface area (Å²) in [6.45, 7) is 1.26. The van der Waals surface area contributed by atoms with Gasteiger partial charge in [0.05, 0.1) is 6.54 Å². The van der Waals surface area contributed by atoms with Crippen molar-refractivity contribution in [2.45, 2.75) is 19.5 Å². The highest BCUT2D eigenvalue weighted by Gasteiger charge is 2.28. The van der Waals surface area contributed by atoms with Crippen molar-refractivity contribution < 1.29 is 14.7 Å². The van der Waals surface area contributed by atoms with Crippen LogP contribution < -0.4 is 5.32 Å². The van der Waals surface area contributed by atoms with Crippen LogP contribution in [0.1, 0.15) is 27.3 Å². The number of rotatable bonds is 3. The fourth-order valence-electron chi connectivity index (χ4n) is 2.82. The molecule has 0 fully saturated rings. The Balaban J connectivity index is 1.69. The summed E-state index contributed by atoms with van der Waals surface area (Å²) < 4.78 is 1.60. The molecule has 1 aliphatic heterocycles. The van der Waals surface area contributed by atoms with Gasteiger partial charge in [-0.05, 0) is 5.56 Å². The van der Waals surface area contributed by atoms with Crippen LogP contribution in [-0.2, 0) is 26.6 Å². The van der Waals surface area contributed by atoms with Gasteiger partial charge in [0.2, 0.25) is 0 Å². The molecule has 0 unspecified atom stereocenters. The van der Waals surface area contributed by atoms with E-state index in [9.17, 15) is 14.7 Å². The SMILES string of the molecule is Cn1nc(C(=O)O)c2c1CCN(C(=O)NCc1ccccc1)C2. The molecule has 0 bridgehead atoms. The van der Waals surface area contributed by atoms with E-state index in [4.69, 9.17) is 0 Å². The number of carbonyl (C=O) groups is 2. The van der Waals surface area contributed by atoms with Crippen molar-refractivity contribution >= 4 is 12.0 Å². The molecule has 0 saturated heterocycles. The second-order valence-electron chi connectivity index (χ2n) is 5.52. The number of aryl methyl sites for hydroxylation is 1. The summed E-state index contributed by atoms with van der Waals surface area (Å²) >= 11 is 0. The average Bonchev–Trinajstić information content (AvgIpc) is 2.90. The molecule has 0 radical (unpaired) electrons. The van der Waals surface area contributed by atoms with Gasteiger partial charge < -0.3 is 15.3 Å². The lowest BCUT2D eigenvalue weighted by atomic mass is 10.1. The lowest BCUT2D eigenvalue weighted by Gasteiger charge is -2.27. The third kappa shape index (κ3) is 3.03. The van der Waals surface area contributed by atoms with E-state index < -0.39 is 5.97 Å². The topological polar surface area (TPSA) is 87.5 Å². The molecule has 0 spiro atoms. The highest BCUT2D eigenvalue weighted by Crippen LogP contribution is 2.22. The van der Waals surface area contributed by atoms with E-state index >= 15 is 0 Å². The van der Waals surface area contributed by atoms with Gasteiger partial charge in [0.25, 0.3) is 0 Å². The van der Waals surface area contributed by atoms with Gasteiger partial charge >= 0.3 is 12.0 Å². The van der Waals surface area contributed by atoms with Crippen LogP contribution >= 0.6 is 0 Å². The Hall–Kier alpha value is -2.83. The number of nitrogens with zero attached hydrogens (tertiary/aromatic N) is 3. The fraction of sp³-hybridized carbons (Fsp3) is 0.312. The number of benzene rings is 1. The van der Waals surface area contributed by atoms with Gasteiger partial charge in [-0.3, -0.25) is 4.68 Å². The van der Waals surface area contributed by atoms with E-state index in [1.165, 1.54) is 0 Å². The van der Waals surface area contributed by atoms with Crippen molar-refractivity contribution in [2.75, 3.05) is 6.54 Å². The molecule has 0 aliphatic carbocycles. The Morgan fingerprint density at radius 1 is 1.30 bits per heavy atom. The van der Waals surface area contributed by atoms with E-state index in [1.807, 2.05) is 30.3 Å². The lowest BCUT2D eigenvalue weighted by Crippen LogP contribution is -2.42. The Morgan fingerprint density at radius 3 is 2.74 bits per heavy atom. The van der Waals surface area contributed by atoms with Crippen LogP contribution in [0.4, 0.5) is 4.79 Å². The number of aromatic carboxylic acids is 1. The highest BCUT2D eigenvalue weighted by atomic mass is 16.4. The summed E-state index contributed by atoms with van der Waals surface area (Å²) in [5.41, 5.74) is 2.56. The van der Waals surface area contributed by atoms with E-state index in [1.54, 1.807) is 16.6 Å². The van der Waals surface area contributed by atoms with Crippen molar-refractivity contribution in [1.29, 1.82) is 0 Å². The number of fused-ring (bicyclic) bond motifs is 1. The van der Waals surface area contributed by atoms with Crippen molar-refractivity contribution in [3.05, 3.63) is 52.8 Å². The van der Waals surface area contributed by atoms with E-state index in [-0.39, 0.29) is 18.3 Å². The standard InChI is InChI=1S/C16H18N4O3/c1-19-13-7-8-20(10-12(13)14(18-19)15(21)22)16(23)17-9-11-5-3-2-4-6-11/h2-6H,7-10H2,1H3,(H,17,23)(H,21,22). The first-order valence-electron chi connectivity index (χ1n) is 7.41. The number of urea groups is 1. The molecule has 2 amide bonds. The fourth-order valence-corrected chi connectivity index (χ4v) is 2.82. The molecule has 0 atom stereocenters. The van der Waals surface area contributed by atoms with Gasteiger partial charge in [0.1, 0.15) is 0 Å². The molecule has 120 valence electrons. The van der Waals surface area contributed by atoms with Crippen molar-refractivity contribution in [3.8, 4) is 0 Å². The molecule has 1 aliphatic rings. The Bertz CT molecular complexity index is 739. The molecule has 23 heavy (non-hydrogen) atoms. The zero-order chi connectivity index (χ0) is 16.4. The molecule has 2 N–H and O–H groups in total. The Morgan fingerprint density at radius 2 is 2.04 bits per heavy atom. The van der Waals surface area contributed by atoms with Crippen LogP contribution in [0.25, 0.3) is 0 Å². The minimum atomic E-state index is -1.06. The Kier molecular flexibility index (Phi) is 4.01. The van der Waals surface area contributed by atoms with Crippen LogP contribution in [0, 0.1) is 0 Å². The smallest absolute Gasteiger partial charge is 0.356 e. The number of aromatic nitrogens is 2. The molecular weight excluding hydrogens is 296 g/mol. The zero-order valence-electron chi connectivity index (χ0n) is 12.8. The van der Waals surface area contributed by atoms with Crippen LogP contribution in [-0.4, -0.2) is 38.3 Å². The number of carbonyl (C=O) groups excluding carboxylic acids is 1. The van der Waals surface area contributed by atoms with Crippen molar-refractivity contribution in [1.82, 2.24) is 20.0 Å². The van der Waals surface area contributed by atoms with Crippen LogP contribution in [0.5, 0.6) is 0 Å². The maximum absolute atomic E-state index is 12.3. The number of hydrogen-bond donors (Lipinski definition) is 2. The third-order valence-corrected chi connectivity index (χ3v) is 4.02. The largest absolute Gasteiger partial charge is 0.476 e. The van der Waals surface area contributed by atoms with Gasteiger partial charge in [-0.2, -0.15) is 5.10 Å². The molecular formula is C16H18N4O3. The predicted octanol–water partition coefficient (Wildman–Crippen LogP) is 1.39. The summed E-state index contributed by atoms with van der Waals surface area (Å²) in [6, 6.07) is 9.45. The first-order chi connectivity index (χ1) is 11.1. The Labute approximate surface area is 133 Å². The molecule has 1 aromatic heterocycles. The summed E-state index contributed by atoms with van der Waals surface area (Å²) in [6.07, 6.45) is 0.602. The monoisotopic (exact) mass is 314 g/mol. The summed E-state index contributed by atoms with van der Waals surface area (Å²) in [5, 5.41) is 16.1. The van der Waals surface area contributed by atoms with Gasteiger partial charge in [-0.1, -0.05) is 30.3 Å². The van der Waals surface area contributed by atoms with Gasteiger partial charge in [0, 0.05) is 37.8 Å². The van der Waals surface area contributed by atoms with E-state index in [0.717, 1.165) is 11.3 Å². The number of hydrogen-bond acceptors (Lipinski definition) is 3. The maximum Gasteiger partial charge on any atom is 0.356 e. The van der Waals surface area contributed by atoms with Gasteiger partial charge in [-0.25, -0.2) is 9.59 Å².